The topological polar surface area (TPSA) is 107 Å². The summed E-state index contributed by atoms with van der Waals surface area (Å²) in [6.45, 7) is 0. The molecule has 1 fully saturated rings. The molecule has 2 aromatic carbocycles. The van der Waals surface area contributed by atoms with E-state index in [0.717, 1.165) is 30.6 Å². The number of carbonyl (C=O) groups excluding carboxylic acids is 2. The first-order valence-electron chi connectivity index (χ1n) is 10.5. The Morgan fingerprint density at radius 2 is 1.75 bits per heavy atom. The summed E-state index contributed by atoms with van der Waals surface area (Å²) in [6, 6.07) is 14.7. The maximum Gasteiger partial charge on any atom is 0.262 e. The monoisotopic (exact) mass is 468 g/mol. The summed E-state index contributed by atoms with van der Waals surface area (Å²) >= 11 is 2.55. The van der Waals surface area contributed by atoms with E-state index in [4.69, 9.17) is 10.7 Å². The van der Waals surface area contributed by atoms with Crippen LogP contribution in [0.3, 0.4) is 0 Å². The third-order valence-electron chi connectivity index (χ3n) is 5.33. The zero-order valence-corrected chi connectivity index (χ0v) is 19.1. The van der Waals surface area contributed by atoms with E-state index >= 15 is 0 Å². The molecule has 7 nitrogen and oxygen atoms in total. The van der Waals surface area contributed by atoms with Gasteiger partial charge in [-0.2, -0.15) is 0 Å². The molecule has 3 N–H and O–H groups in total. The number of hydrogen-bond acceptors (Lipinski definition) is 6. The first-order chi connectivity index (χ1) is 15.5. The minimum Gasteiger partial charge on any atom is -0.369 e. The van der Waals surface area contributed by atoms with Gasteiger partial charge < -0.3 is 11.1 Å². The highest BCUT2D eigenvalue weighted by molar-refractivity contribution is 8.00. The van der Waals surface area contributed by atoms with Gasteiger partial charge in [0.15, 0.2) is 5.16 Å². The van der Waals surface area contributed by atoms with Crippen molar-refractivity contribution in [3.05, 3.63) is 58.9 Å². The highest BCUT2D eigenvalue weighted by Crippen LogP contribution is 2.32. The fourth-order valence-electron chi connectivity index (χ4n) is 3.87. The number of aromatic nitrogens is 2. The summed E-state index contributed by atoms with van der Waals surface area (Å²) < 4.78 is 1.78. The summed E-state index contributed by atoms with van der Waals surface area (Å²) in [5.74, 6) is -0.371. The van der Waals surface area contributed by atoms with Crippen LogP contribution in [-0.4, -0.2) is 32.9 Å². The van der Waals surface area contributed by atoms with Crippen LogP contribution in [0.5, 0.6) is 0 Å². The lowest BCUT2D eigenvalue weighted by Crippen LogP contribution is -2.27. The number of nitrogens with zero attached hydrogens (tertiary/aromatic N) is 2. The Bertz CT molecular complexity index is 1210. The Balaban J connectivity index is 1.53. The van der Waals surface area contributed by atoms with E-state index in [1.807, 2.05) is 36.4 Å². The molecule has 1 saturated carbocycles. The van der Waals surface area contributed by atoms with Crippen molar-refractivity contribution in [3.63, 3.8) is 0 Å². The first-order valence-corrected chi connectivity index (χ1v) is 12.4. The van der Waals surface area contributed by atoms with Crippen LogP contribution >= 0.6 is 23.5 Å². The summed E-state index contributed by atoms with van der Waals surface area (Å²) in [6.07, 6.45) is 4.08. The third kappa shape index (κ3) is 5.16. The van der Waals surface area contributed by atoms with Gasteiger partial charge in [-0.3, -0.25) is 19.0 Å². The number of rotatable bonds is 8. The molecule has 1 heterocycles. The highest BCUT2D eigenvalue weighted by atomic mass is 32.2. The molecule has 4 rings (SSSR count). The number of para-hydroxylation sites is 2. The number of hydrogen-bond donors (Lipinski definition) is 2. The van der Waals surface area contributed by atoms with Gasteiger partial charge in [-0.05, 0) is 37.1 Å². The number of carbonyl (C=O) groups is 2. The van der Waals surface area contributed by atoms with E-state index in [-0.39, 0.29) is 29.0 Å². The Labute approximate surface area is 194 Å². The summed E-state index contributed by atoms with van der Waals surface area (Å²) in [5.41, 5.74) is 6.46. The van der Waals surface area contributed by atoms with Crippen molar-refractivity contribution in [2.45, 2.75) is 41.8 Å². The molecule has 32 heavy (non-hydrogen) atoms. The smallest absolute Gasteiger partial charge is 0.262 e. The van der Waals surface area contributed by atoms with Gasteiger partial charge in [-0.15, -0.1) is 11.8 Å². The molecule has 0 saturated heterocycles. The molecular weight excluding hydrogens is 444 g/mol. The Kier molecular flexibility index (Phi) is 7.16. The van der Waals surface area contributed by atoms with Crippen molar-refractivity contribution >= 4 is 51.9 Å². The van der Waals surface area contributed by atoms with Crippen molar-refractivity contribution < 1.29 is 9.59 Å². The molecule has 9 heteroatoms. The molecule has 0 unspecified atom stereocenters. The molecule has 3 aromatic rings. The van der Waals surface area contributed by atoms with Gasteiger partial charge in [0.25, 0.3) is 5.56 Å². The van der Waals surface area contributed by atoms with Crippen LogP contribution in [0.15, 0.2) is 63.4 Å². The highest BCUT2D eigenvalue weighted by Gasteiger charge is 2.23. The van der Waals surface area contributed by atoms with E-state index in [1.54, 1.807) is 16.7 Å². The van der Waals surface area contributed by atoms with Crippen LogP contribution in [0.25, 0.3) is 10.9 Å². The van der Waals surface area contributed by atoms with Crippen LogP contribution in [0, 0.1) is 0 Å². The average molecular weight is 469 g/mol. The second-order valence-electron chi connectivity index (χ2n) is 7.61. The largest absolute Gasteiger partial charge is 0.369 e. The lowest BCUT2D eigenvalue weighted by molar-refractivity contribution is -0.115. The Hall–Kier alpha value is -2.78. The summed E-state index contributed by atoms with van der Waals surface area (Å²) in [4.78, 5) is 42.5. The van der Waals surface area contributed by atoms with Gasteiger partial charge in [-0.1, -0.05) is 48.9 Å². The van der Waals surface area contributed by atoms with Gasteiger partial charge in [0.1, 0.15) is 0 Å². The Morgan fingerprint density at radius 3 is 2.53 bits per heavy atom. The van der Waals surface area contributed by atoms with Crippen molar-refractivity contribution in [1.29, 1.82) is 0 Å². The minimum absolute atomic E-state index is 0.0430. The quantitative estimate of drug-likeness (QED) is 0.384. The fraction of sp³-hybridized carbons (Fsp3) is 0.304. The average Bonchev–Trinajstić information content (AvgIpc) is 3.31. The van der Waals surface area contributed by atoms with E-state index in [2.05, 4.69) is 5.32 Å². The lowest BCUT2D eigenvalue weighted by Gasteiger charge is -2.18. The zero-order valence-electron chi connectivity index (χ0n) is 17.5. The standard InChI is InChI=1S/C23H24N4O3S2/c24-20(28)13-31-19-12-6-5-11-18(19)25-21(29)14-32-23-26-17-10-4-3-9-16(17)22(30)27(23)15-7-1-2-8-15/h3-6,9-12,15H,1-2,7-8,13-14H2,(H2,24,28)(H,25,29). The van der Waals surface area contributed by atoms with Gasteiger partial charge in [0.05, 0.1) is 28.1 Å². The predicted octanol–water partition coefficient (Wildman–Crippen LogP) is 3.82. The molecule has 0 aliphatic heterocycles. The van der Waals surface area contributed by atoms with Crippen molar-refractivity contribution in [2.75, 3.05) is 16.8 Å². The molecule has 0 spiro atoms. The van der Waals surface area contributed by atoms with Crippen LogP contribution in [0.1, 0.15) is 31.7 Å². The van der Waals surface area contributed by atoms with Gasteiger partial charge >= 0.3 is 0 Å². The number of anilines is 1. The number of nitrogens with two attached hydrogens (primary N) is 1. The lowest BCUT2D eigenvalue weighted by atomic mass is 10.2. The van der Waals surface area contributed by atoms with Gasteiger partial charge in [-0.25, -0.2) is 4.98 Å². The van der Waals surface area contributed by atoms with Gasteiger partial charge in [0, 0.05) is 10.9 Å². The zero-order chi connectivity index (χ0) is 22.5. The number of amides is 2. The predicted molar refractivity (Wildman–Crippen MR) is 129 cm³/mol. The molecule has 1 aliphatic carbocycles. The van der Waals surface area contributed by atoms with E-state index < -0.39 is 5.91 Å². The second-order valence-corrected chi connectivity index (χ2v) is 9.57. The maximum atomic E-state index is 13.2. The molecule has 0 atom stereocenters. The van der Waals surface area contributed by atoms with E-state index in [1.165, 1.54) is 23.5 Å². The van der Waals surface area contributed by atoms with Gasteiger partial charge in [0.2, 0.25) is 11.8 Å². The molecule has 0 bridgehead atoms. The fourth-order valence-corrected chi connectivity index (χ4v) is 5.49. The van der Waals surface area contributed by atoms with E-state index in [9.17, 15) is 14.4 Å². The molecule has 166 valence electrons. The van der Waals surface area contributed by atoms with Crippen LogP contribution in [0.2, 0.25) is 0 Å². The van der Waals surface area contributed by atoms with Crippen molar-refractivity contribution in [1.82, 2.24) is 9.55 Å². The SMILES string of the molecule is NC(=O)CSc1ccccc1NC(=O)CSc1nc2ccccc2c(=O)n1C1CCCC1. The normalized spacial score (nSPS) is 14.0. The molecule has 0 radical (unpaired) electrons. The number of fused-ring (bicyclic) bond motifs is 1. The second kappa shape index (κ2) is 10.2. The number of thioether (sulfide) groups is 2. The summed E-state index contributed by atoms with van der Waals surface area (Å²) in [5, 5.41) is 4.08. The number of benzene rings is 2. The summed E-state index contributed by atoms with van der Waals surface area (Å²) in [7, 11) is 0. The number of primary amides is 1. The molecule has 1 aromatic heterocycles. The van der Waals surface area contributed by atoms with Crippen molar-refractivity contribution in [2.24, 2.45) is 5.73 Å². The van der Waals surface area contributed by atoms with Crippen LogP contribution in [0.4, 0.5) is 5.69 Å². The third-order valence-corrected chi connectivity index (χ3v) is 7.38. The molecular formula is C23H24N4O3S2. The number of nitrogens with one attached hydrogen (secondary N) is 1. The van der Waals surface area contributed by atoms with Crippen molar-refractivity contribution in [3.8, 4) is 0 Å². The minimum atomic E-state index is -0.418. The maximum absolute atomic E-state index is 13.2. The van der Waals surface area contributed by atoms with Crippen LogP contribution in [-0.2, 0) is 9.59 Å². The van der Waals surface area contributed by atoms with Crippen LogP contribution < -0.4 is 16.6 Å². The Morgan fingerprint density at radius 1 is 1.03 bits per heavy atom. The van der Waals surface area contributed by atoms with E-state index in [0.29, 0.717) is 21.7 Å². The molecule has 2 amide bonds. The molecule has 1 aliphatic rings. The first kappa shape index (κ1) is 22.4.